The van der Waals surface area contributed by atoms with Gasteiger partial charge in [0.15, 0.2) is 11.5 Å². The third-order valence-corrected chi connectivity index (χ3v) is 3.46. The van der Waals surface area contributed by atoms with E-state index in [9.17, 15) is 4.39 Å². The van der Waals surface area contributed by atoms with E-state index in [1.807, 2.05) is 18.2 Å². The number of hydrogen-bond acceptors (Lipinski definition) is 4. The lowest BCUT2D eigenvalue weighted by atomic mass is 10.1. The van der Waals surface area contributed by atoms with Crippen LogP contribution in [0, 0.1) is 5.82 Å². The smallest absolute Gasteiger partial charge is 0.172 e. The maximum atomic E-state index is 13.7. The molecule has 0 atom stereocenters. The standard InChI is InChI=1S/C17H17FN2O2/c1-21-15-8-4-6-13(17-19-9-10-20-17)16(15)22-11-12-5-2-3-7-14(12)18/h2-8H,9-11H2,1H3,(H,19,20). The second-order valence-corrected chi connectivity index (χ2v) is 4.87. The molecule has 0 bridgehead atoms. The van der Waals surface area contributed by atoms with Crippen molar-refractivity contribution in [1.82, 2.24) is 5.32 Å². The van der Waals surface area contributed by atoms with Gasteiger partial charge in [0.25, 0.3) is 0 Å². The first kappa shape index (κ1) is 14.4. The Morgan fingerprint density at radius 1 is 1.18 bits per heavy atom. The molecule has 0 saturated heterocycles. The molecule has 0 amide bonds. The van der Waals surface area contributed by atoms with Gasteiger partial charge in [0, 0.05) is 12.1 Å². The van der Waals surface area contributed by atoms with E-state index in [1.54, 1.807) is 25.3 Å². The summed E-state index contributed by atoms with van der Waals surface area (Å²) in [6.07, 6.45) is 0. The number of aliphatic imine (C=N–C) groups is 1. The van der Waals surface area contributed by atoms with E-state index >= 15 is 0 Å². The monoisotopic (exact) mass is 300 g/mol. The van der Waals surface area contributed by atoms with Gasteiger partial charge < -0.3 is 14.8 Å². The number of rotatable bonds is 5. The Hall–Kier alpha value is -2.56. The van der Waals surface area contributed by atoms with Crippen molar-refractivity contribution in [2.24, 2.45) is 4.99 Å². The van der Waals surface area contributed by atoms with Crippen LogP contribution >= 0.6 is 0 Å². The zero-order chi connectivity index (χ0) is 15.4. The second-order valence-electron chi connectivity index (χ2n) is 4.87. The molecule has 0 spiro atoms. The van der Waals surface area contributed by atoms with Crippen LogP contribution < -0.4 is 14.8 Å². The summed E-state index contributed by atoms with van der Waals surface area (Å²) in [5.74, 6) is 1.67. The molecule has 0 saturated carbocycles. The molecule has 1 aliphatic rings. The molecule has 4 nitrogen and oxygen atoms in total. The minimum absolute atomic E-state index is 0.132. The number of methoxy groups -OCH3 is 1. The summed E-state index contributed by atoms with van der Waals surface area (Å²) in [5.41, 5.74) is 1.33. The van der Waals surface area contributed by atoms with Crippen LogP contribution in [0.1, 0.15) is 11.1 Å². The molecule has 1 N–H and O–H groups in total. The van der Waals surface area contributed by atoms with Crippen molar-refractivity contribution in [2.45, 2.75) is 6.61 Å². The highest BCUT2D eigenvalue weighted by molar-refractivity contribution is 6.02. The summed E-state index contributed by atoms with van der Waals surface area (Å²) in [7, 11) is 1.58. The van der Waals surface area contributed by atoms with E-state index in [1.165, 1.54) is 6.07 Å². The molecule has 0 aliphatic carbocycles. The number of hydrogen-bond donors (Lipinski definition) is 1. The van der Waals surface area contributed by atoms with Crippen LogP contribution in [-0.2, 0) is 6.61 Å². The van der Waals surface area contributed by atoms with Crippen molar-refractivity contribution < 1.29 is 13.9 Å². The minimum atomic E-state index is -0.282. The number of para-hydroxylation sites is 1. The van der Waals surface area contributed by atoms with Crippen molar-refractivity contribution in [3.63, 3.8) is 0 Å². The Labute approximate surface area is 128 Å². The summed E-state index contributed by atoms with van der Waals surface area (Å²) in [6, 6.07) is 12.2. The van der Waals surface area contributed by atoms with Gasteiger partial charge in [0.2, 0.25) is 0 Å². The van der Waals surface area contributed by atoms with Gasteiger partial charge >= 0.3 is 0 Å². The highest BCUT2D eigenvalue weighted by Gasteiger charge is 2.18. The van der Waals surface area contributed by atoms with Crippen molar-refractivity contribution in [3.8, 4) is 11.5 Å². The predicted octanol–water partition coefficient (Wildman–Crippen LogP) is 2.76. The molecule has 3 rings (SSSR count). The van der Waals surface area contributed by atoms with Gasteiger partial charge in [-0.25, -0.2) is 4.39 Å². The van der Waals surface area contributed by atoms with Crippen LogP contribution in [0.5, 0.6) is 11.5 Å². The Kier molecular flexibility index (Phi) is 4.23. The first-order valence-corrected chi connectivity index (χ1v) is 7.11. The molecule has 0 aromatic heterocycles. The lowest BCUT2D eigenvalue weighted by molar-refractivity contribution is 0.279. The fourth-order valence-corrected chi connectivity index (χ4v) is 2.36. The molecular weight excluding hydrogens is 283 g/mol. The van der Waals surface area contributed by atoms with Crippen LogP contribution in [0.3, 0.4) is 0 Å². The Balaban J connectivity index is 1.90. The zero-order valence-corrected chi connectivity index (χ0v) is 12.3. The van der Waals surface area contributed by atoms with Crippen molar-refractivity contribution >= 4 is 5.84 Å². The van der Waals surface area contributed by atoms with Crippen molar-refractivity contribution in [2.75, 3.05) is 20.2 Å². The summed E-state index contributed by atoms with van der Waals surface area (Å²) in [5, 5.41) is 3.21. The summed E-state index contributed by atoms with van der Waals surface area (Å²) in [4.78, 5) is 4.41. The third kappa shape index (κ3) is 2.88. The predicted molar refractivity (Wildman–Crippen MR) is 83.1 cm³/mol. The van der Waals surface area contributed by atoms with Gasteiger partial charge in [-0.05, 0) is 18.2 Å². The average molecular weight is 300 g/mol. The zero-order valence-electron chi connectivity index (χ0n) is 12.3. The van der Waals surface area contributed by atoms with Crippen LogP contribution in [-0.4, -0.2) is 26.0 Å². The Morgan fingerprint density at radius 2 is 2.05 bits per heavy atom. The molecule has 0 radical (unpaired) electrons. The topological polar surface area (TPSA) is 42.8 Å². The quantitative estimate of drug-likeness (QED) is 0.923. The van der Waals surface area contributed by atoms with Crippen LogP contribution in [0.4, 0.5) is 4.39 Å². The van der Waals surface area contributed by atoms with Gasteiger partial charge in [-0.1, -0.05) is 24.3 Å². The number of halogens is 1. The number of ether oxygens (including phenoxy) is 2. The molecule has 114 valence electrons. The Morgan fingerprint density at radius 3 is 2.77 bits per heavy atom. The molecule has 2 aromatic carbocycles. The van der Waals surface area contributed by atoms with Crippen LogP contribution in [0.2, 0.25) is 0 Å². The lowest BCUT2D eigenvalue weighted by Gasteiger charge is -2.15. The highest BCUT2D eigenvalue weighted by Crippen LogP contribution is 2.32. The number of nitrogens with one attached hydrogen (secondary N) is 1. The van der Waals surface area contributed by atoms with Gasteiger partial charge in [-0.2, -0.15) is 0 Å². The van der Waals surface area contributed by atoms with Gasteiger partial charge in [-0.3, -0.25) is 4.99 Å². The van der Waals surface area contributed by atoms with E-state index in [0.717, 1.165) is 24.5 Å². The van der Waals surface area contributed by atoms with E-state index < -0.39 is 0 Å². The minimum Gasteiger partial charge on any atom is -0.493 e. The van der Waals surface area contributed by atoms with Gasteiger partial charge in [0.05, 0.1) is 19.2 Å². The average Bonchev–Trinajstić information content (AvgIpc) is 3.08. The van der Waals surface area contributed by atoms with Gasteiger partial charge in [-0.15, -0.1) is 0 Å². The van der Waals surface area contributed by atoms with Gasteiger partial charge in [0.1, 0.15) is 18.3 Å². The molecule has 0 fully saturated rings. The first-order chi connectivity index (χ1) is 10.8. The molecule has 1 aliphatic heterocycles. The highest BCUT2D eigenvalue weighted by atomic mass is 19.1. The van der Waals surface area contributed by atoms with E-state index in [2.05, 4.69) is 10.3 Å². The lowest BCUT2D eigenvalue weighted by Crippen LogP contribution is -2.20. The molecular formula is C17H17FN2O2. The van der Waals surface area contributed by atoms with Crippen LogP contribution in [0.15, 0.2) is 47.5 Å². The normalized spacial score (nSPS) is 13.5. The third-order valence-electron chi connectivity index (χ3n) is 3.46. The van der Waals surface area contributed by atoms with E-state index in [0.29, 0.717) is 17.1 Å². The molecule has 5 heteroatoms. The summed E-state index contributed by atoms with van der Waals surface area (Å²) in [6.45, 7) is 1.67. The number of nitrogens with zero attached hydrogens (tertiary/aromatic N) is 1. The fraction of sp³-hybridized carbons (Fsp3) is 0.235. The van der Waals surface area contributed by atoms with Crippen molar-refractivity contribution in [3.05, 3.63) is 59.4 Å². The molecule has 2 aromatic rings. The summed E-state index contributed by atoms with van der Waals surface area (Å²) < 4.78 is 24.9. The largest absolute Gasteiger partial charge is 0.493 e. The van der Waals surface area contributed by atoms with Crippen LogP contribution in [0.25, 0.3) is 0 Å². The Bertz CT molecular complexity index is 701. The second kappa shape index (κ2) is 6.47. The van der Waals surface area contributed by atoms with E-state index in [-0.39, 0.29) is 12.4 Å². The summed E-state index contributed by atoms with van der Waals surface area (Å²) >= 11 is 0. The molecule has 0 unspecified atom stereocenters. The first-order valence-electron chi connectivity index (χ1n) is 7.11. The maximum absolute atomic E-state index is 13.7. The van der Waals surface area contributed by atoms with E-state index in [4.69, 9.17) is 9.47 Å². The SMILES string of the molecule is COc1cccc(C2=NCCN2)c1OCc1ccccc1F. The fourth-order valence-electron chi connectivity index (χ4n) is 2.36. The molecule has 22 heavy (non-hydrogen) atoms. The number of amidine groups is 1. The molecule has 1 heterocycles. The number of benzene rings is 2. The van der Waals surface area contributed by atoms with Crippen molar-refractivity contribution in [1.29, 1.82) is 0 Å². The maximum Gasteiger partial charge on any atom is 0.172 e.